The van der Waals surface area contributed by atoms with Crippen LogP contribution in [0.3, 0.4) is 0 Å². The summed E-state index contributed by atoms with van der Waals surface area (Å²) in [5, 5.41) is 13.2. The van der Waals surface area contributed by atoms with Crippen LogP contribution in [-0.4, -0.2) is 29.2 Å². The van der Waals surface area contributed by atoms with E-state index in [1.807, 2.05) is 6.07 Å². The molecule has 0 saturated carbocycles. The highest BCUT2D eigenvalue weighted by Crippen LogP contribution is 2.31. The summed E-state index contributed by atoms with van der Waals surface area (Å²) < 4.78 is 0. The summed E-state index contributed by atoms with van der Waals surface area (Å²) >= 11 is 0. The van der Waals surface area contributed by atoms with Gasteiger partial charge in [-0.15, -0.1) is 0 Å². The van der Waals surface area contributed by atoms with E-state index in [9.17, 15) is 5.11 Å². The molecule has 1 aliphatic heterocycles. The molecular formula is C22H23NO. The van der Waals surface area contributed by atoms with Crippen LogP contribution in [0.25, 0.3) is 10.8 Å². The van der Waals surface area contributed by atoms with Crippen LogP contribution in [0.5, 0.6) is 0 Å². The molecule has 0 bridgehead atoms. The van der Waals surface area contributed by atoms with E-state index in [1.165, 1.54) is 21.9 Å². The van der Waals surface area contributed by atoms with Crippen LogP contribution < -0.4 is 0 Å². The molecule has 1 N–H and O–H groups in total. The Bertz CT molecular complexity index is 814. The monoisotopic (exact) mass is 317 g/mol. The topological polar surface area (TPSA) is 23.5 Å². The minimum atomic E-state index is -0.302. The summed E-state index contributed by atoms with van der Waals surface area (Å²) in [7, 11) is 0. The number of aliphatic hydroxyl groups excluding tert-OH is 1. The number of piperidine rings is 1. The smallest absolute Gasteiger partial charge is 0.0736 e. The SMILES string of the molecule is OC1CN(Cc2ccccc2)CCC1c1ccc2ccccc2c1. The third-order valence-corrected chi connectivity index (χ3v) is 5.12. The Balaban J connectivity index is 1.47. The van der Waals surface area contributed by atoms with Crippen molar-refractivity contribution in [2.75, 3.05) is 13.1 Å². The van der Waals surface area contributed by atoms with Crippen LogP contribution >= 0.6 is 0 Å². The van der Waals surface area contributed by atoms with Crippen LogP contribution in [0.4, 0.5) is 0 Å². The van der Waals surface area contributed by atoms with Gasteiger partial charge in [0.1, 0.15) is 0 Å². The van der Waals surface area contributed by atoms with Crippen LogP contribution in [-0.2, 0) is 6.54 Å². The van der Waals surface area contributed by atoms with Gasteiger partial charge in [-0.05, 0) is 34.9 Å². The highest BCUT2D eigenvalue weighted by molar-refractivity contribution is 5.83. The fourth-order valence-electron chi connectivity index (χ4n) is 3.81. The summed E-state index contributed by atoms with van der Waals surface area (Å²) in [6.45, 7) is 2.69. The molecule has 2 atom stereocenters. The maximum Gasteiger partial charge on any atom is 0.0736 e. The lowest BCUT2D eigenvalue weighted by molar-refractivity contribution is 0.0477. The normalized spacial score (nSPS) is 21.9. The van der Waals surface area contributed by atoms with Crippen molar-refractivity contribution in [2.45, 2.75) is 25.0 Å². The van der Waals surface area contributed by atoms with Gasteiger partial charge in [-0.25, -0.2) is 0 Å². The minimum Gasteiger partial charge on any atom is -0.391 e. The first-order chi connectivity index (χ1) is 11.8. The summed E-state index contributed by atoms with van der Waals surface area (Å²) in [4.78, 5) is 2.36. The van der Waals surface area contributed by atoms with Crippen molar-refractivity contribution in [3.63, 3.8) is 0 Å². The quantitative estimate of drug-likeness (QED) is 0.783. The van der Waals surface area contributed by atoms with Gasteiger partial charge in [0.2, 0.25) is 0 Å². The Morgan fingerprint density at radius 3 is 2.42 bits per heavy atom. The molecule has 3 aromatic carbocycles. The van der Waals surface area contributed by atoms with Gasteiger partial charge in [0.25, 0.3) is 0 Å². The molecule has 1 fully saturated rings. The van der Waals surface area contributed by atoms with Gasteiger partial charge in [0, 0.05) is 19.0 Å². The minimum absolute atomic E-state index is 0.238. The lowest BCUT2D eigenvalue weighted by atomic mass is 9.86. The van der Waals surface area contributed by atoms with Gasteiger partial charge in [0.15, 0.2) is 0 Å². The van der Waals surface area contributed by atoms with Crippen molar-refractivity contribution < 1.29 is 5.11 Å². The molecule has 1 saturated heterocycles. The van der Waals surface area contributed by atoms with E-state index in [0.717, 1.165) is 26.1 Å². The Labute approximate surface area is 143 Å². The molecular weight excluding hydrogens is 294 g/mol. The lowest BCUT2D eigenvalue weighted by Crippen LogP contribution is -2.42. The number of rotatable bonds is 3. The lowest BCUT2D eigenvalue weighted by Gasteiger charge is -2.36. The first kappa shape index (κ1) is 15.4. The van der Waals surface area contributed by atoms with Crippen LogP contribution in [0.2, 0.25) is 0 Å². The molecule has 2 nitrogen and oxygen atoms in total. The third kappa shape index (κ3) is 3.21. The first-order valence-corrected chi connectivity index (χ1v) is 8.73. The second kappa shape index (κ2) is 6.76. The fourth-order valence-corrected chi connectivity index (χ4v) is 3.81. The molecule has 0 aromatic heterocycles. The molecule has 0 aliphatic carbocycles. The number of benzene rings is 3. The Hall–Kier alpha value is -2.16. The molecule has 3 aromatic rings. The van der Waals surface area contributed by atoms with Gasteiger partial charge in [-0.3, -0.25) is 4.90 Å². The summed E-state index contributed by atoms with van der Waals surface area (Å²) in [6, 6.07) is 25.5. The molecule has 2 heteroatoms. The number of β-amino-alcohol motifs (C(OH)–C–C–N with tert-alkyl or cyclic N) is 1. The zero-order valence-corrected chi connectivity index (χ0v) is 13.8. The second-order valence-corrected chi connectivity index (χ2v) is 6.79. The third-order valence-electron chi connectivity index (χ3n) is 5.12. The molecule has 0 amide bonds. The van der Waals surface area contributed by atoms with Gasteiger partial charge in [-0.2, -0.15) is 0 Å². The number of hydrogen-bond donors (Lipinski definition) is 1. The van der Waals surface area contributed by atoms with E-state index in [-0.39, 0.29) is 12.0 Å². The molecule has 0 spiro atoms. The van der Waals surface area contributed by atoms with E-state index in [0.29, 0.717) is 0 Å². The molecule has 24 heavy (non-hydrogen) atoms. The zero-order chi connectivity index (χ0) is 16.4. The van der Waals surface area contributed by atoms with E-state index in [4.69, 9.17) is 0 Å². The number of aliphatic hydroxyl groups is 1. The van der Waals surface area contributed by atoms with Crippen LogP contribution in [0.1, 0.15) is 23.5 Å². The average Bonchev–Trinajstić information content (AvgIpc) is 2.62. The van der Waals surface area contributed by atoms with Gasteiger partial charge < -0.3 is 5.11 Å². The Kier molecular flexibility index (Phi) is 4.33. The molecule has 0 radical (unpaired) electrons. The van der Waals surface area contributed by atoms with E-state index >= 15 is 0 Å². The largest absolute Gasteiger partial charge is 0.391 e. The standard InChI is InChI=1S/C22H23NO/c24-22-16-23(15-17-6-2-1-3-7-17)13-12-21(22)20-11-10-18-8-4-5-9-19(18)14-20/h1-11,14,21-22,24H,12-13,15-16H2. The zero-order valence-electron chi connectivity index (χ0n) is 13.8. The maximum atomic E-state index is 10.7. The number of likely N-dealkylation sites (tertiary alicyclic amines) is 1. The van der Waals surface area contributed by atoms with E-state index in [1.54, 1.807) is 0 Å². The molecule has 1 heterocycles. The van der Waals surface area contributed by atoms with Crippen molar-refractivity contribution in [2.24, 2.45) is 0 Å². The summed E-state index contributed by atoms with van der Waals surface area (Å²) in [6.07, 6.45) is 0.704. The van der Waals surface area contributed by atoms with Crippen molar-refractivity contribution >= 4 is 10.8 Å². The van der Waals surface area contributed by atoms with Gasteiger partial charge in [0.05, 0.1) is 6.10 Å². The van der Waals surface area contributed by atoms with Crippen molar-refractivity contribution in [1.29, 1.82) is 0 Å². The predicted octanol–water partition coefficient (Wildman–Crippen LogP) is 4.19. The molecule has 1 aliphatic rings. The van der Waals surface area contributed by atoms with Crippen molar-refractivity contribution in [3.05, 3.63) is 83.9 Å². The maximum absolute atomic E-state index is 10.7. The summed E-state index contributed by atoms with van der Waals surface area (Å²) in [5.41, 5.74) is 2.58. The first-order valence-electron chi connectivity index (χ1n) is 8.73. The van der Waals surface area contributed by atoms with Gasteiger partial charge in [-0.1, -0.05) is 72.8 Å². The molecule has 2 unspecified atom stereocenters. The van der Waals surface area contributed by atoms with Crippen LogP contribution in [0.15, 0.2) is 72.8 Å². The Morgan fingerprint density at radius 1 is 0.875 bits per heavy atom. The van der Waals surface area contributed by atoms with Crippen LogP contribution in [0, 0.1) is 0 Å². The van der Waals surface area contributed by atoms with Gasteiger partial charge >= 0.3 is 0 Å². The predicted molar refractivity (Wildman–Crippen MR) is 99.0 cm³/mol. The van der Waals surface area contributed by atoms with E-state index in [2.05, 4.69) is 71.6 Å². The molecule has 4 rings (SSSR count). The van der Waals surface area contributed by atoms with Crippen molar-refractivity contribution in [3.8, 4) is 0 Å². The molecule has 122 valence electrons. The Morgan fingerprint density at radius 2 is 1.62 bits per heavy atom. The summed E-state index contributed by atoms with van der Waals surface area (Å²) in [5.74, 6) is 0.238. The van der Waals surface area contributed by atoms with Crippen molar-refractivity contribution in [1.82, 2.24) is 4.90 Å². The number of hydrogen-bond acceptors (Lipinski definition) is 2. The average molecular weight is 317 g/mol. The fraction of sp³-hybridized carbons (Fsp3) is 0.273. The highest BCUT2D eigenvalue weighted by Gasteiger charge is 2.28. The van der Waals surface area contributed by atoms with E-state index < -0.39 is 0 Å². The number of nitrogens with zero attached hydrogens (tertiary/aromatic N) is 1. The highest BCUT2D eigenvalue weighted by atomic mass is 16.3. The number of fused-ring (bicyclic) bond motifs is 1. The second-order valence-electron chi connectivity index (χ2n) is 6.79.